The third-order valence-corrected chi connectivity index (χ3v) is 4.72. The van der Waals surface area contributed by atoms with Gasteiger partial charge in [-0.05, 0) is 49.2 Å². The Bertz CT molecular complexity index is 677. The van der Waals surface area contributed by atoms with Crippen molar-refractivity contribution in [3.8, 4) is 5.75 Å². The first kappa shape index (κ1) is 19.5. The lowest BCUT2D eigenvalue weighted by molar-refractivity contribution is 0.103. The minimum Gasteiger partial charge on any atom is -0.494 e. The number of rotatable bonds is 10. The van der Waals surface area contributed by atoms with Crippen LogP contribution in [0.2, 0.25) is 5.02 Å². The van der Waals surface area contributed by atoms with Gasteiger partial charge in [0.1, 0.15) is 5.75 Å². The summed E-state index contributed by atoms with van der Waals surface area (Å²) in [4.78, 5) is 12.5. The largest absolute Gasteiger partial charge is 0.494 e. The molecule has 0 amide bonds. The molecule has 0 saturated carbocycles. The predicted molar refractivity (Wildman–Crippen MR) is 105 cm³/mol. The summed E-state index contributed by atoms with van der Waals surface area (Å²) in [6.07, 6.45) is 7.48. The van der Waals surface area contributed by atoms with E-state index in [0.717, 1.165) is 24.3 Å². The number of aryl methyl sites for hydroxylation is 1. The van der Waals surface area contributed by atoms with Crippen molar-refractivity contribution in [3.05, 3.63) is 64.2 Å². The lowest BCUT2D eigenvalue weighted by Gasteiger charge is -2.08. The topological polar surface area (TPSA) is 26.3 Å². The minimum atomic E-state index is -0.0237. The zero-order valence-corrected chi connectivity index (χ0v) is 15.9. The molecule has 0 aliphatic carbocycles. The highest BCUT2D eigenvalue weighted by Crippen LogP contribution is 2.20. The molecule has 0 bridgehead atoms. The number of hydrogen-bond donors (Lipinski definition) is 0. The second-order valence-electron chi connectivity index (χ2n) is 6.43. The van der Waals surface area contributed by atoms with Crippen molar-refractivity contribution in [1.82, 2.24) is 0 Å². The third-order valence-electron chi connectivity index (χ3n) is 4.32. The molecule has 134 valence electrons. The SMILES string of the molecule is CCCCCCCCOc1ccc(C(=O)c2ccc(C)c(Cl)c2)cc1. The molecule has 0 aliphatic heterocycles. The van der Waals surface area contributed by atoms with E-state index >= 15 is 0 Å². The first-order valence-electron chi connectivity index (χ1n) is 9.15. The molecule has 0 unspecified atom stereocenters. The molecule has 0 spiro atoms. The zero-order chi connectivity index (χ0) is 18.1. The molecule has 25 heavy (non-hydrogen) atoms. The fourth-order valence-electron chi connectivity index (χ4n) is 2.68. The standard InChI is InChI=1S/C22H27ClO2/c1-3-4-5-6-7-8-15-25-20-13-11-18(12-14-20)22(24)19-10-9-17(2)21(23)16-19/h9-14,16H,3-8,15H2,1-2H3. The Morgan fingerprint density at radius 2 is 1.56 bits per heavy atom. The maximum atomic E-state index is 12.5. The molecule has 0 atom stereocenters. The second kappa shape index (κ2) is 10.2. The van der Waals surface area contributed by atoms with E-state index in [-0.39, 0.29) is 5.78 Å². The molecule has 2 nitrogen and oxygen atoms in total. The van der Waals surface area contributed by atoms with Crippen LogP contribution in [0.4, 0.5) is 0 Å². The molecule has 0 aromatic heterocycles. The van der Waals surface area contributed by atoms with Crippen LogP contribution in [0.25, 0.3) is 0 Å². The average Bonchev–Trinajstić information content (AvgIpc) is 2.63. The van der Waals surface area contributed by atoms with Gasteiger partial charge in [0.2, 0.25) is 0 Å². The number of halogens is 1. The van der Waals surface area contributed by atoms with Gasteiger partial charge in [-0.1, -0.05) is 62.8 Å². The number of ketones is 1. The molecule has 0 radical (unpaired) electrons. The summed E-state index contributed by atoms with van der Waals surface area (Å²) in [5.41, 5.74) is 2.22. The molecule has 0 heterocycles. The Kier molecular flexibility index (Phi) is 8.00. The summed E-state index contributed by atoms with van der Waals surface area (Å²) in [5.74, 6) is 0.788. The molecule has 0 N–H and O–H groups in total. The number of ether oxygens (including phenoxy) is 1. The molecule has 2 aromatic rings. The molecular formula is C22H27ClO2. The van der Waals surface area contributed by atoms with Gasteiger partial charge in [0.15, 0.2) is 5.78 Å². The molecule has 0 saturated heterocycles. The lowest BCUT2D eigenvalue weighted by atomic mass is 10.0. The average molecular weight is 359 g/mol. The van der Waals surface area contributed by atoms with Crippen LogP contribution in [-0.4, -0.2) is 12.4 Å². The Hall–Kier alpha value is -1.80. The quantitative estimate of drug-likeness (QED) is 0.352. The van der Waals surface area contributed by atoms with Gasteiger partial charge in [0.25, 0.3) is 0 Å². The van der Waals surface area contributed by atoms with Crippen molar-refractivity contribution in [2.75, 3.05) is 6.61 Å². The van der Waals surface area contributed by atoms with Crippen molar-refractivity contribution >= 4 is 17.4 Å². The van der Waals surface area contributed by atoms with Gasteiger partial charge in [0.05, 0.1) is 6.61 Å². The van der Waals surface area contributed by atoms with Crippen LogP contribution in [0.3, 0.4) is 0 Å². The highest BCUT2D eigenvalue weighted by molar-refractivity contribution is 6.31. The Balaban J connectivity index is 1.82. The first-order chi connectivity index (χ1) is 12.1. The Labute approximate surface area is 156 Å². The van der Waals surface area contributed by atoms with E-state index in [9.17, 15) is 4.79 Å². The van der Waals surface area contributed by atoms with E-state index in [2.05, 4.69) is 6.92 Å². The summed E-state index contributed by atoms with van der Waals surface area (Å²) in [6.45, 7) is 4.88. The molecule has 0 fully saturated rings. The number of hydrogen-bond acceptors (Lipinski definition) is 2. The van der Waals surface area contributed by atoms with Gasteiger partial charge in [-0.25, -0.2) is 0 Å². The van der Waals surface area contributed by atoms with Crippen LogP contribution in [0, 0.1) is 6.92 Å². The molecule has 2 aromatic carbocycles. The number of unbranched alkanes of at least 4 members (excludes halogenated alkanes) is 5. The highest BCUT2D eigenvalue weighted by Gasteiger charge is 2.10. The summed E-state index contributed by atoms with van der Waals surface area (Å²) in [7, 11) is 0. The van der Waals surface area contributed by atoms with E-state index in [1.54, 1.807) is 6.07 Å². The summed E-state index contributed by atoms with van der Waals surface area (Å²) in [5, 5.41) is 0.616. The van der Waals surface area contributed by atoms with Gasteiger partial charge < -0.3 is 4.74 Å². The highest BCUT2D eigenvalue weighted by atomic mass is 35.5. The van der Waals surface area contributed by atoms with Crippen LogP contribution < -0.4 is 4.74 Å². The lowest BCUT2D eigenvalue weighted by Crippen LogP contribution is -2.02. The molecule has 0 aliphatic rings. The first-order valence-corrected chi connectivity index (χ1v) is 9.53. The van der Waals surface area contributed by atoms with Crippen LogP contribution >= 0.6 is 11.6 Å². The predicted octanol–water partition coefficient (Wildman–Crippen LogP) is 6.62. The van der Waals surface area contributed by atoms with E-state index in [1.807, 2.05) is 43.3 Å². The maximum absolute atomic E-state index is 12.5. The van der Waals surface area contributed by atoms with Crippen LogP contribution in [0.15, 0.2) is 42.5 Å². The molecule has 2 rings (SSSR count). The fourth-order valence-corrected chi connectivity index (χ4v) is 2.86. The van der Waals surface area contributed by atoms with Crippen LogP contribution in [0.5, 0.6) is 5.75 Å². The van der Waals surface area contributed by atoms with Gasteiger partial charge in [-0.3, -0.25) is 4.79 Å². The van der Waals surface area contributed by atoms with E-state index in [4.69, 9.17) is 16.3 Å². The number of carbonyl (C=O) groups is 1. The van der Waals surface area contributed by atoms with Crippen molar-refractivity contribution in [1.29, 1.82) is 0 Å². The van der Waals surface area contributed by atoms with E-state index in [1.165, 1.54) is 32.1 Å². The smallest absolute Gasteiger partial charge is 0.193 e. The molecule has 3 heteroatoms. The van der Waals surface area contributed by atoms with E-state index in [0.29, 0.717) is 16.1 Å². The van der Waals surface area contributed by atoms with Gasteiger partial charge in [0, 0.05) is 16.1 Å². The van der Waals surface area contributed by atoms with Crippen LogP contribution in [-0.2, 0) is 0 Å². The fraction of sp³-hybridized carbons (Fsp3) is 0.409. The second-order valence-corrected chi connectivity index (χ2v) is 6.84. The van der Waals surface area contributed by atoms with Crippen molar-refractivity contribution in [3.63, 3.8) is 0 Å². The van der Waals surface area contributed by atoms with Crippen LogP contribution in [0.1, 0.15) is 66.9 Å². The summed E-state index contributed by atoms with van der Waals surface area (Å²) >= 11 is 6.11. The van der Waals surface area contributed by atoms with Gasteiger partial charge in [-0.15, -0.1) is 0 Å². The van der Waals surface area contributed by atoms with Crippen molar-refractivity contribution in [2.24, 2.45) is 0 Å². The van der Waals surface area contributed by atoms with Crippen molar-refractivity contribution in [2.45, 2.75) is 52.4 Å². The maximum Gasteiger partial charge on any atom is 0.193 e. The summed E-state index contributed by atoms with van der Waals surface area (Å²) < 4.78 is 5.76. The monoisotopic (exact) mass is 358 g/mol. The van der Waals surface area contributed by atoms with E-state index < -0.39 is 0 Å². The van der Waals surface area contributed by atoms with Gasteiger partial charge >= 0.3 is 0 Å². The summed E-state index contributed by atoms with van der Waals surface area (Å²) in [6, 6.07) is 12.8. The third kappa shape index (κ3) is 6.21. The minimum absolute atomic E-state index is 0.0237. The Morgan fingerprint density at radius 1 is 0.920 bits per heavy atom. The normalized spacial score (nSPS) is 10.7. The Morgan fingerprint density at radius 3 is 2.24 bits per heavy atom. The number of benzene rings is 2. The van der Waals surface area contributed by atoms with Crippen molar-refractivity contribution < 1.29 is 9.53 Å². The number of carbonyl (C=O) groups excluding carboxylic acids is 1. The molecular weight excluding hydrogens is 332 g/mol. The zero-order valence-electron chi connectivity index (χ0n) is 15.2. The van der Waals surface area contributed by atoms with Gasteiger partial charge in [-0.2, -0.15) is 0 Å².